The van der Waals surface area contributed by atoms with Crippen LogP contribution in [0.15, 0.2) is 30.3 Å². The second-order valence-electron chi connectivity index (χ2n) is 9.87. The Morgan fingerprint density at radius 1 is 1.26 bits per heavy atom. The highest BCUT2D eigenvalue weighted by atomic mass is 16.5. The van der Waals surface area contributed by atoms with Crippen LogP contribution in [0.1, 0.15) is 49.0 Å². The topological polar surface area (TPSA) is 121 Å². The van der Waals surface area contributed by atoms with Crippen molar-refractivity contribution in [2.45, 2.75) is 50.6 Å². The van der Waals surface area contributed by atoms with E-state index in [1.807, 2.05) is 30.3 Å². The Morgan fingerprint density at radius 2 is 2.06 bits per heavy atom. The molecule has 0 bridgehead atoms. The number of aromatic nitrogens is 1. The van der Waals surface area contributed by atoms with Crippen molar-refractivity contribution >= 4 is 34.6 Å². The zero-order chi connectivity index (χ0) is 23.9. The Bertz CT molecular complexity index is 1100. The van der Waals surface area contributed by atoms with Crippen molar-refractivity contribution in [3.05, 3.63) is 36.0 Å². The Kier molecular flexibility index (Phi) is 5.79. The molecule has 9 heteroatoms. The normalized spacial score (nSPS) is 24.0. The molecule has 180 valence electrons. The number of benzene rings is 1. The van der Waals surface area contributed by atoms with Crippen LogP contribution in [0.25, 0.3) is 10.9 Å². The Morgan fingerprint density at radius 3 is 2.71 bits per heavy atom. The number of likely N-dealkylation sites (tertiary alicyclic amines) is 1. The lowest BCUT2D eigenvalue weighted by molar-refractivity contribution is -0.146. The summed E-state index contributed by atoms with van der Waals surface area (Å²) in [5.41, 5.74) is 1.27. The minimum Gasteiger partial charge on any atom is -0.467 e. The molecule has 2 saturated heterocycles. The molecule has 9 nitrogen and oxygen atoms in total. The van der Waals surface area contributed by atoms with Crippen LogP contribution in [-0.2, 0) is 19.1 Å². The summed E-state index contributed by atoms with van der Waals surface area (Å²) in [7, 11) is 1.26. The molecule has 5 rings (SSSR count). The van der Waals surface area contributed by atoms with E-state index in [0.29, 0.717) is 31.6 Å². The van der Waals surface area contributed by atoms with Gasteiger partial charge in [0, 0.05) is 29.9 Å². The van der Waals surface area contributed by atoms with E-state index in [1.54, 1.807) is 4.90 Å². The maximum absolute atomic E-state index is 13.5. The number of H-pyrrole nitrogens is 1. The Hall–Kier alpha value is -3.36. The number of carbonyl (C=O) groups is 4. The summed E-state index contributed by atoms with van der Waals surface area (Å²) in [6.07, 6.45) is 4.41. The zero-order valence-corrected chi connectivity index (χ0v) is 19.3. The summed E-state index contributed by atoms with van der Waals surface area (Å²) in [6.45, 7) is 1.08. The molecule has 2 aromatic rings. The number of carbonyl (C=O) groups excluding carboxylic acids is 4. The molecule has 1 aliphatic carbocycles. The number of amides is 3. The average molecular weight is 467 g/mol. The molecule has 1 spiro atoms. The molecule has 3 N–H and O–H groups in total. The zero-order valence-electron chi connectivity index (χ0n) is 19.3. The van der Waals surface area contributed by atoms with Gasteiger partial charge < -0.3 is 25.3 Å². The van der Waals surface area contributed by atoms with Crippen LogP contribution in [0.5, 0.6) is 0 Å². The highest BCUT2D eigenvalue weighted by Gasteiger charge is 2.52. The molecular weight excluding hydrogens is 436 g/mol. The van der Waals surface area contributed by atoms with Crippen molar-refractivity contribution in [3.8, 4) is 0 Å². The van der Waals surface area contributed by atoms with Gasteiger partial charge in [0.05, 0.1) is 7.11 Å². The minimum atomic E-state index is -0.936. The smallest absolute Gasteiger partial charge is 0.328 e. The molecule has 0 radical (unpaired) electrons. The molecular formula is C25H30N4O5. The highest BCUT2D eigenvalue weighted by Crippen LogP contribution is 2.50. The number of aromatic amines is 1. The van der Waals surface area contributed by atoms with Gasteiger partial charge >= 0.3 is 5.97 Å². The lowest BCUT2D eigenvalue weighted by atomic mass is 9.67. The summed E-state index contributed by atoms with van der Waals surface area (Å²) in [4.78, 5) is 56.3. The van der Waals surface area contributed by atoms with Gasteiger partial charge in [0.25, 0.3) is 5.91 Å². The molecule has 34 heavy (non-hydrogen) atoms. The second kappa shape index (κ2) is 8.77. The van der Waals surface area contributed by atoms with Crippen molar-refractivity contribution in [3.63, 3.8) is 0 Å². The van der Waals surface area contributed by atoms with E-state index in [-0.39, 0.29) is 35.5 Å². The number of nitrogens with one attached hydrogen (secondary N) is 3. The summed E-state index contributed by atoms with van der Waals surface area (Å²) in [6, 6.07) is 7.86. The second-order valence-corrected chi connectivity index (χ2v) is 9.87. The van der Waals surface area contributed by atoms with Gasteiger partial charge in [-0.2, -0.15) is 0 Å². The van der Waals surface area contributed by atoms with Crippen LogP contribution in [-0.4, -0.2) is 65.9 Å². The van der Waals surface area contributed by atoms with Crippen molar-refractivity contribution in [2.24, 2.45) is 11.3 Å². The quantitative estimate of drug-likeness (QED) is 0.560. The number of hydrogen-bond acceptors (Lipinski definition) is 5. The first-order valence-corrected chi connectivity index (χ1v) is 11.9. The fraction of sp³-hybridized carbons (Fsp3) is 0.520. The van der Waals surface area contributed by atoms with E-state index in [1.165, 1.54) is 7.11 Å². The third-order valence-electron chi connectivity index (χ3n) is 7.73. The fourth-order valence-corrected chi connectivity index (χ4v) is 5.67. The highest BCUT2D eigenvalue weighted by molar-refractivity contribution is 6.01. The van der Waals surface area contributed by atoms with Gasteiger partial charge in [-0.15, -0.1) is 0 Å². The molecule has 2 aliphatic heterocycles. The molecule has 3 heterocycles. The van der Waals surface area contributed by atoms with Crippen LogP contribution in [0.3, 0.4) is 0 Å². The van der Waals surface area contributed by atoms with Crippen molar-refractivity contribution in [2.75, 3.05) is 20.2 Å². The lowest BCUT2D eigenvalue weighted by Gasteiger charge is -2.37. The SMILES string of the molecule is COC(=O)[C@H](C[C@@H]1CCNC1=O)NC(=O)[C@@H]1CC2(CCC2)CN1C(=O)c1cc2ccccc2[nH]1. The number of fused-ring (bicyclic) bond motifs is 1. The van der Waals surface area contributed by atoms with Gasteiger partial charge in [-0.05, 0) is 49.7 Å². The van der Waals surface area contributed by atoms with E-state index < -0.39 is 18.1 Å². The molecule has 0 unspecified atom stereocenters. The maximum atomic E-state index is 13.5. The summed E-state index contributed by atoms with van der Waals surface area (Å²) >= 11 is 0. The summed E-state index contributed by atoms with van der Waals surface area (Å²) in [5.74, 6) is -1.65. The van der Waals surface area contributed by atoms with Crippen molar-refractivity contribution in [1.82, 2.24) is 20.5 Å². The van der Waals surface area contributed by atoms with Crippen LogP contribution in [0.2, 0.25) is 0 Å². The van der Waals surface area contributed by atoms with Gasteiger partial charge in [0.15, 0.2) is 0 Å². The Balaban J connectivity index is 1.36. The predicted octanol–water partition coefficient (Wildman–Crippen LogP) is 1.74. The molecule has 3 fully saturated rings. The first-order chi connectivity index (χ1) is 16.4. The first kappa shape index (κ1) is 22.4. The largest absolute Gasteiger partial charge is 0.467 e. The van der Waals surface area contributed by atoms with Crippen molar-refractivity contribution in [1.29, 1.82) is 0 Å². The van der Waals surface area contributed by atoms with Gasteiger partial charge in [-0.25, -0.2) is 4.79 Å². The van der Waals surface area contributed by atoms with E-state index >= 15 is 0 Å². The van der Waals surface area contributed by atoms with Crippen LogP contribution in [0.4, 0.5) is 0 Å². The number of methoxy groups -OCH3 is 1. The molecule has 1 aromatic heterocycles. The summed E-state index contributed by atoms with van der Waals surface area (Å²) < 4.78 is 4.90. The molecule has 1 aromatic carbocycles. The molecule has 3 amide bonds. The lowest BCUT2D eigenvalue weighted by Crippen LogP contribution is -2.51. The number of para-hydroxylation sites is 1. The number of ether oxygens (including phenoxy) is 1. The number of nitrogens with zero attached hydrogens (tertiary/aromatic N) is 1. The maximum Gasteiger partial charge on any atom is 0.328 e. The summed E-state index contributed by atoms with van der Waals surface area (Å²) in [5, 5.41) is 6.50. The predicted molar refractivity (Wildman–Crippen MR) is 124 cm³/mol. The number of hydrogen-bond donors (Lipinski definition) is 3. The van der Waals surface area contributed by atoms with Gasteiger partial charge in [-0.1, -0.05) is 24.6 Å². The van der Waals surface area contributed by atoms with E-state index in [0.717, 1.165) is 30.2 Å². The van der Waals surface area contributed by atoms with Crippen LogP contribution in [0, 0.1) is 11.3 Å². The van der Waals surface area contributed by atoms with Crippen molar-refractivity contribution < 1.29 is 23.9 Å². The standard InChI is InChI=1S/C25H30N4O5/c1-34-24(33)19(12-16-7-10-26-21(16)30)28-22(31)20-13-25(8-4-9-25)14-29(20)23(32)18-11-15-5-2-3-6-17(15)27-18/h2-3,5-6,11,16,19-20,27H,4,7-10,12-14H2,1H3,(H,26,30)(H,28,31)/t16-,19-,20-/m0/s1. The van der Waals surface area contributed by atoms with Gasteiger partial charge in [0.2, 0.25) is 11.8 Å². The van der Waals surface area contributed by atoms with Gasteiger partial charge in [0.1, 0.15) is 17.8 Å². The average Bonchev–Trinajstić information content (AvgIpc) is 3.54. The van der Waals surface area contributed by atoms with E-state index in [9.17, 15) is 19.2 Å². The number of esters is 1. The van der Waals surface area contributed by atoms with Crippen LogP contribution >= 0.6 is 0 Å². The van der Waals surface area contributed by atoms with E-state index in [2.05, 4.69) is 15.6 Å². The molecule has 3 atom stereocenters. The number of rotatable bonds is 6. The third-order valence-corrected chi connectivity index (χ3v) is 7.73. The molecule has 1 saturated carbocycles. The minimum absolute atomic E-state index is 0.0459. The fourth-order valence-electron chi connectivity index (χ4n) is 5.67. The van der Waals surface area contributed by atoms with Crippen LogP contribution < -0.4 is 10.6 Å². The third kappa shape index (κ3) is 4.03. The van der Waals surface area contributed by atoms with Gasteiger partial charge in [-0.3, -0.25) is 14.4 Å². The monoisotopic (exact) mass is 466 g/mol. The van der Waals surface area contributed by atoms with E-state index in [4.69, 9.17) is 4.74 Å². The first-order valence-electron chi connectivity index (χ1n) is 11.9. The Labute approximate surface area is 197 Å². The molecule has 3 aliphatic rings.